The van der Waals surface area contributed by atoms with Crippen molar-refractivity contribution >= 4 is 0 Å². The van der Waals surface area contributed by atoms with Crippen molar-refractivity contribution in [3.8, 4) is 0 Å². The number of nitrogens with one attached hydrogen (secondary N) is 1. The minimum Gasteiger partial charge on any atom is -0.307 e. The summed E-state index contributed by atoms with van der Waals surface area (Å²) in [7, 11) is 0. The maximum Gasteiger partial charge on any atom is 0.416 e. The van der Waals surface area contributed by atoms with E-state index >= 15 is 0 Å². The summed E-state index contributed by atoms with van der Waals surface area (Å²) in [5.74, 6) is 0. The number of halogens is 3. The maximum absolute atomic E-state index is 12.8. The summed E-state index contributed by atoms with van der Waals surface area (Å²) in [4.78, 5) is 0. The standard InChI is InChI=1S/C15H18F3N/c1-2-19-14(11-6-3-4-7-11)12-8-5-9-13(10-12)15(16,17)18/h5-6,8-10,14,19H,2-4,7H2,1H3. The Morgan fingerprint density at radius 1 is 1.32 bits per heavy atom. The average Bonchev–Trinajstić information content (AvgIpc) is 2.88. The number of benzene rings is 1. The van der Waals surface area contributed by atoms with Crippen molar-refractivity contribution in [2.75, 3.05) is 6.54 Å². The highest BCUT2D eigenvalue weighted by molar-refractivity contribution is 5.34. The second-order valence-corrected chi connectivity index (χ2v) is 4.79. The minimum atomic E-state index is -4.28. The van der Waals surface area contributed by atoms with E-state index in [-0.39, 0.29) is 6.04 Å². The van der Waals surface area contributed by atoms with Crippen LogP contribution in [0.15, 0.2) is 35.9 Å². The second kappa shape index (κ2) is 5.78. The predicted molar refractivity (Wildman–Crippen MR) is 69.8 cm³/mol. The molecule has 0 aliphatic heterocycles. The number of likely N-dealkylation sites (N-methyl/N-ethyl adjacent to an activating group) is 1. The highest BCUT2D eigenvalue weighted by atomic mass is 19.4. The molecule has 1 aromatic carbocycles. The Balaban J connectivity index is 2.31. The van der Waals surface area contributed by atoms with Gasteiger partial charge in [-0.05, 0) is 43.5 Å². The molecule has 1 unspecified atom stereocenters. The lowest BCUT2D eigenvalue weighted by molar-refractivity contribution is -0.137. The highest BCUT2D eigenvalue weighted by Crippen LogP contribution is 2.34. The van der Waals surface area contributed by atoms with Crippen LogP contribution < -0.4 is 5.32 Å². The molecular formula is C15H18F3N. The Morgan fingerprint density at radius 2 is 2.11 bits per heavy atom. The molecule has 0 radical (unpaired) electrons. The molecule has 4 heteroatoms. The summed E-state index contributed by atoms with van der Waals surface area (Å²) in [6.45, 7) is 2.70. The van der Waals surface area contributed by atoms with Gasteiger partial charge in [0.25, 0.3) is 0 Å². The lowest BCUT2D eigenvalue weighted by Gasteiger charge is -2.21. The van der Waals surface area contributed by atoms with Crippen LogP contribution in [-0.2, 0) is 6.18 Å². The van der Waals surface area contributed by atoms with Crippen LogP contribution in [0.2, 0.25) is 0 Å². The first kappa shape index (κ1) is 14.1. The first-order valence-corrected chi connectivity index (χ1v) is 6.62. The Kier molecular flexibility index (Phi) is 4.30. The van der Waals surface area contributed by atoms with Gasteiger partial charge in [-0.25, -0.2) is 0 Å². The zero-order chi connectivity index (χ0) is 13.9. The van der Waals surface area contributed by atoms with Gasteiger partial charge in [0.2, 0.25) is 0 Å². The fourth-order valence-electron chi connectivity index (χ4n) is 2.52. The minimum absolute atomic E-state index is 0.0881. The summed E-state index contributed by atoms with van der Waals surface area (Å²) in [6, 6.07) is 5.54. The largest absolute Gasteiger partial charge is 0.416 e. The van der Waals surface area contributed by atoms with Gasteiger partial charge in [0.05, 0.1) is 11.6 Å². The summed E-state index contributed by atoms with van der Waals surface area (Å²) >= 11 is 0. The summed E-state index contributed by atoms with van der Waals surface area (Å²) < 4.78 is 38.3. The molecule has 0 amide bonds. The maximum atomic E-state index is 12.8. The van der Waals surface area contributed by atoms with E-state index in [0.717, 1.165) is 31.9 Å². The van der Waals surface area contributed by atoms with Crippen molar-refractivity contribution in [1.29, 1.82) is 0 Å². The molecule has 0 fully saturated rings. The molecule has 0 bridgehead atoms. The van der Waals surface area contributed by atoms with E-state index in [4.69, 9.17) is 0 Å². The third-order valence-electron chi connectivity index (χ3n) is 3.40. The summed E-state index contributed by atoms with van der Waals surface area (Å²) in [6.07, 6.45) is 0.949. The van der Waals surface area contributed by atoms with Gasteiger partial charge >= 0.3 is 6.18 Å². The Labute approximate surface area is 111 Å². The van der Waals surface area contributed by atoms with E-state index in [1.165, 1.54) is 17.7 Å². The van der Waals surface area contributed by atoms with Crippen molar-refractivity contribution in [2.24, 2.45) is 0 Å². The van der Waals surface area contributed by atoms with Gasteiger partial charge in [0.15, 0.2) is 0 Å². The molecule has 1 N–H and O–H groups in total. The van der Waals surface area contributed by atoms with Crippen LogP contribution in [0.4, 0.5) is 13.2 Å². The third kappa shape index (κ3) is 3.38. The zero-order valence-corrected chi connectivity index (χ0v) is 10.9. The monoisotopic (exact) mass is 269 g/mol. The van der Waals surface area contributed by atoms with Gasteiger partial charge in [0, 0.05) is 0 Å². The van der Waals surface area contributed by atoms with E-state index in [1.807, 2.05) is 6.92 Å². The molecule has 0 heterocycles. The molecule has 1 atom stereocenters. The van der Waals surface area contributed by atoms with Gasteiger partial charge in [-0.15, -0.1) is 0 Å². The predicted octanol–water partition coefficient (Wildman–Crippen LogP) is 4.47. The molecule has 0 aromatic heterocycles. The third-order valence-corrected chi connectivity index (χ3v) is 3.40. The van der Waals surface area contributed by atoms with Crippen LogP contribution in [-0.4, -0.2) is 6.54 Å². The van der Waals surface area contributed by atoms with Crippen molar-refractivity contribution in [1.82, 2.24) is 5.32 Å². The normalized spacial score (nSPS) is 17.4. The van der Waals surface area contributed by atoms with Crippen molar-refractivity contribution in [3.05, 3.63) is 47.0 Å². The van der Waals surface area contributed by atoms with E-state index in [2.05, 4.69) is 11.4 Å². The molecule has 0 saturated heterocycles. The Morgan fingerprint density at radius 3 is 2.68 bits per heavy atom. The van der Waals surface area contributed by atoms with Crippen LogP contribution in [0.25, 0.3) is 0 Å². The highest BCUT2D eigenvalue weighted by Gasteiger charge is 2.31. The van der Waals surface area contributed by atoms with Crippen LogP contribution in [0.3, 0.4) is 0 Å². The van der Waals surface area contributed by atoms with Gasteiger partial charge in [-0.3, -0.25) is 0 Å². The smallest absolute Gasteiger partial charge is 0.307 e. The lowest BCUT2D eigenvalue weighted by atomic mass is 9.96. The topological polar surface area (TPSA) is 12.0 Å². The van der Waals surface area contributed by atoms with E-state index in [0.29, 0.717) is 5.56 Å². The molecule has 0 spiro atoms. The molecule has 104 valence electrons. The van der Waals surface area contributed by atoms with Crippen molar-refractivity contribution in [3.63, 3.8) is 0 Å². The zero-order valence-electron chi connectivity index (χ0n) is 10.9. The quantitative estimate of drug-likeness (QED) is 0.795. The number of rotatable bonds is 4. The lowest BCUT2D eigenvalue weighted by Crippen LogP contribution is -2.22. The SMILES string of the molecule is CCNC(C1=CCCC1)c1cccc(C(F)(F)F)c1. The van der Waals surface area contributed by atoms with Crippen LogP contribution >= 0.6 is 0 Å². The summed E-state index contributed by atoms with van der Waals surface area (Å²) in [5, 5.41) is 3.28. The molecule has 2 rings (SSSR count). The van der Waals surface area contributed by atoms with Gasteiger partial charge in [0.1, 0.15) is 0 Å². The Bertz CT molecular complexity index is 463. The number of hydrogen-bond donors (Lipinski definition) is 1. The molecule has 1 aliphatic carbocycles. The molecule has 0 saturated carbocycles. The first-order chi connectivity index (χ1) is 9.02. The van der Waals surface area contributed by atoms with E-state index in [9.17, 15) is 13.2 Å². The van der Waals surface area contributed by atoms with E-state index < -0.39 is 11.7 Å². The fraction of sp³-hybridized carbons (Fsp3) is 0.467. The molecule has 1 aromatic rings. The number of allylic oxidation sites excluding steroid dienone is 1. The Hall–Kier alpha value is -1.29. The number of hydrogen-bond acceptors (Lipinski definition) is 1. The molecule has 19 heavy (non-hydrogen) atoms. The van der Waals surface area contributed by atoms with Gasteiger partial charge < -0.3 is 5.32 Å². The summed E-state index contributed by atoms with van der Waals surface area (Å²) in [5.41, 5.74) is 1.33. The van der Waals surface area contributed by atoms with Gasteiger partial charge in [-0.2, -0.15) is 13.2 Å². The second-order valence-electron chi connectivity index (χ2n) is 4.79. The molecule has 1 aliphatic rings. The first-order valence-electron chi connectivity index (χ1n) is 6.62. The van der Waals surface area contributed by atoms with Crippen molar-refractivity contribution < 1.29 is 13.2 Å². The van der Waals surface area contributed by atoms with Crippen molar-refractivity contribution in [2.45, 2.75) is 38.4 Å². The molecule has 1 nitrogen and oxygen atoms in total. The van der Waals surface area contributed by atoms with Crippen LogP contribution in [0, 0.1) is 0 Å². The molecular weight excluding hydrogens is 251 g/mol. The fourth-order valence-corrected chi connectivity index (χ4v) is 2.52. The van der Waals surface area contributed by atoms with Crippen LogP contribution in [0.5, 0.6) is 0 Å². The number of alkyl halides is 3. The van der Waals surface area contributed by atoms with E-state index in [1.54, 1.807) is 6.07 Å². The van der Waals surface area contributed by atoms with Crippen LogP contribution in [0.1, 0.15) is 43.4 Å². The average molecular weight is 269 g/mol. The van der Waals surface area contributed by atoms with Gasteiger partial charge in [-0.1, -0.05) is 30.7 Å².